The third-order valence-corrected chi connectivity index (χ3v) is 5.27. The molecule has 0 saturated carbocycles. The number of nitrogens with two attached hydrogens (primary N) is 1. The summed E-state index contributed by atoms with van der Waals surface area (Å²) in [7, 11) is 0. The van der Waals surface area contributed by atoms with Gasteiger partial charge in [0.05, 0.1) is 6.10 Å². The number of hydrogen-bond donors (Lipinski definition) is 2. The molecule has 2 saturated heterocycles. The summed E-state index contributed by atoms with van der Waals surface area (Å²) in [5.41, 5.74) is 5.95. The summed E-state index contributed by atoms with van der Waals surface area (Å²) in [5, 5.41) is 10.4. The molecule has 134 valence electrons. The molecule has 0 amide bonds. The molecule has 3 heterocycles. The summed E-state index contributed by atoms with van der Waals surface area (Å²) < 4.78 is 0. The molecule has 0 spiro atoms. The highest BCUT2D eigenvalue weighted by molar-refractivity contribution is 5.54. The molecule has 6 nitrogen and oxygen atoms in total. The van der Waals surface area contributed by atoms with Gasteiger partial charge < -0.3 is 20.6 Å². The van der Waals surface area contributed by atoms with Gasteiger partial charge in [-0.15, -0.1) is 0 Å². The van der Waals surface area contributed by atoms with Crippen molar-refractivity contribution in [3.05, 3.63) is 6.07 Å². The number of aromatic nitrogens is 2. The molecule has 0 radical (unpaired) electrons. The van der Waals surface area contributed by atoms with Crippen LogP contribution in [0.25, 0.3) is 0 Å². The van der Waals surface area contributed by atoms with Crippen LogP contribution < -0.4 is 15.5 Å². The SMILES string of the molecule is CC(C)CC(O)C1CCN(c2cc(N3CCCC3)nc(N)n2)CC1. The topological polar surface area (TPSA) is 78.5 Å². The van der Waals surface area contributed by atoms with Gasteiger partial charge in [-0.25, -0.2) is 0 Å². The first-order chi connectivity index (χ1) is 11.5. The monoisotopic (exact) mass is 333 g/mol. The Bertz CT molecular complexity index is 536. The highest BCUT2D eigenvalue weighted by atomic mass is 16.3. The van der Waals surface area contributed by atoms with Crippen molar-refractivity contribution in [1.82, 2.24) is 9.97 Å². The first-order valence-corrected chi connectivity index (χ1v) is 9.35. The van der Waals surface area contributed by atoms with E-state index in [9.17, 15) is 5.11 Å². The minimum absolute atomic E-state index is 0.178. The molecule has 3 N–H and O–H groups in total. The quantitative estimate of drug-likeness (QED) is 0.861. The molecule has 0 aromatic carbocycles. The lowest BCUT2D eigenvalue weighted by molar-refractivity contribution is 0.0734. The Hall–Kier alpha value is -1.56. The summed E-state index contributed by atoms with van der Waals surface area (Å²) in [6.45, 7) is 8.30. The van der Waals surface area contributed by atoms with Crippen molar-refractivity contribution in [3.63, 3.8) is 0 Å². The van der Waals surface area contributed by atoms with Gasteiger partial charge in [0.1, 0.15) is 11.6 Å². The van der Waals surface area contributed by atoms with Gasteiger partial charge in [0.25, 0.3) is 0 Å². The normalized spacial score (nSPS) is 20.8. The number of nitrogens with zero attached hydrogens (tertiary/aromatic N) is 4. The predicted octanol–water partition coefficient (Wildman–Crippen LogP) is 2.28. The molecule has 0 aliphatic carbocycles. The van der Waals surface area contributed by atoms with E-state index >= 15 is 0 Å². The van der Waals surface area contributed by atoms with Crippen molar-refractivity contribution in [2.45, 2.75) is 52.1 Å². The van der Waals surface area contributed by atoms with Crippen LogP contribution in [0.5, 0.6) is 0 Å². The first-order valence-electron chi connectivity index (χ1n) is 9.35. The van der Waals surface area contributed by atoms with Crippen LogP contribution >= 0.6 is 0 Å². The van der Waals surface area contributed by atoms with Crippen molar-refractivity contribution in [2.75, 3.05) is 41.7 Å². The molecule has 2 aliphatic rings. The Balaban J connectivity index is 1.63. The van der Waals surface area contributed by atoms with E-state index < -0.39 is 0 Å². The Morgan fingerprint density at radius 1 is 1.08 bits per heavy atom. The number of rotatable bonds is 5. The van der Waals surface area contributed by atoms with E-state index in [0.29, 0.717) is 17.8 Å². The maximum atomic E-state index is 10.4. The maximum Gasteiger partial charge on any atom is 0.223 e. The second-order valence-corrected chi connectivity index (χ2v) is 7.66. The summed E-state index contributed by atoms with van der Waals surface area (Å²) in [6.07, 6.45) is 5.18. The molecule has 3 rings (SSSR count). The van der Waals surface area contributed by atoms with E-state index in [-0.39, 0.29) is 6.10 Å². The van der Waals surface area contributed by atoms with E-state index in [4.69, 9.17) is 5.73 Å². The van der Waals surface area contributed by atoms with E-state index in [0.717, 1.165) is 57.1 Å². The molecular formula is C18H31N5O. The molecule has 0 bridgehead atoms. The lowest BCUT2D eigenvalue weighted by Gasteiger charge is -2.35. The smallest absolute Gasteiger partial charge is 0.223 e. The van der Waals surface area contributed by atoms with Crippen LogP contribution in [0.4, 0.5) is 17.6 Å². The minimum Gasteiger partial charge on any atom is -0.393 e. The van der Waals surface area contributed by atoms with Crippen molar-refractivity contribution in [3.8, 4) is 0 Å². The van der Waals surface area contributed by atoms with Crippen molar-refractivity contribution in [2.24, 2.45) is 11.8 Å². The minimum atomic E-state index is -0.178. The zero-order valence-electron chi connectivity index (χ0n) is 15.0. The van der Waals surface area contributed by atoms with Gasteiger partial charge in [0, 0.05) is 32.2 Å². The number of anilines is 3. The largest absolute Gasteiger partial charge is 0.393 e. The maximum absolute atomic E-state index is 10.4. The Morgan fingerprint density at radius 2 is 1.62 bits per heavy atom. The van der Waals surface area contributed by atoms with Crippen LogP contribution in [-0.2, 0) is 0 Å². The van der Waals surface area contributed by atoms with Crippen LogP contribution in [-0.4, -0.2) is 47.4 Å². The van der Waals surface area contributed by atoms with Gasteiger partial charge in [-0.3, -0.25) is 0 Å². The molecule has 1 atom stereocenters. The fraction of sp³-hybridized carbons (Fsp3) is 0.778. The number of nitrogen functional groups attached to an aromatic ring is 1. The zero-order chi connectivity index (χ0) is 17.1. The molecule has 1 aromatic heterocycles. The fourth-order valence-corrected chi connectivity index (χ4v) is 3.90. The summed E-state index contributed by atoms with van der Waals surface area (Å²) in [4.78, 5) is 13.4. The van der Waals surface area contributed by atoms with Gasteiger partial charge in [0.15, 0.2) is 0 Å². The summed E-state index contributed by atoms with van der Waals surface area (Å²) >= 11 is 0. The third kappa shape index (κ3) is 4.09. The molecule has 1 unspecified atom stereocenters. The van der Waals surface area contributed by atoms with Crippen LogP contribution in [0, 0.1) is 11.8 Å². The molecule has 1 aromatic rings. The average Bonchev–Trinajstić information content (AvgIpc) is 3.08. The van der Waals surface area contributed by atoms with Crippen LogP contribution in [0.15, 0.2) is 6.07 Å². The van der Waals surface area contributed by atoms with Crippen molar-refractivity contribution < 1.29 is 5.11 Å². The average molecular weight is 333 g/mol. The number of hydrogen-bond acceptors (Lipinski definition) is 6. The third-order valence-electron chi connectivity index (χ3n) is 5.27. The van der Waals surface area contributed by atoms with Crippen molar-refractivity contribution >= 4 is 17.6 Å². The van der Waals surface area contributed by atoms with Gasteiger partial charge in [-0.2, -0.15) is 9.97 Å². The molecule has 24 heavy (non-hydrogen) atoms. The Morgan fingerprint density at radius 3 is 2.17 bits per heavy atom. The lowest BCUT2D eigenvalue weighted by Crippen LogP contribution is -2.38. The van der Waals surface area contributed by atoms with E-state index in [2.05, 4.69) is 39.7 Å². The summed E-state index contributed by atoms with van der Waals surface area (Å²) in [6, 6.07) is 2.08. The first kappa shape index (κ1) is 17.3. The number of piperidine rings is 1. The van der Waals surface area contributed by atoms with E-state index in [1.165, 1.54) is 12.8 Å². The molecular weight excluding hydrogens is 302 g/mol. The fourth-order valence-electron chi connectivity index (χ4n) is 3.90. The Labute approximate surface area is 145 Å². The van der Waals surface area contributed by atoms with Crippen molar-refractivity contribution in [1.29, 1.82) is 0 Å². The lowest BCUT2D eigenvalue weighted by atomic mass is 9.87. The predicted molar refractivity (Wildman–Crippen MR) is 98.3 cm³/mol. The molecule has 2 fully saturated rings. The highest BCUT2D eigenvalue weighted by Gasteiger charge is 2.27. The van der Waals surface area contributed by atoms with Crippen LogP contribution in [0.3, 0.4) is 0 Å². The van der Waals surface area contributed by atoms with Crippen LogP contribution in [0.2, 0.25) is 0 Å². The zero-order valence-corrected chi connectivity index (χ0v) is 15.0. The van der Waals surface area contributed by atoms with E-state index in [1.807, 2.05) is 0 Å². The second kappa shape index (κ2) is 7.55. The Kier molecular flexibility index (Phi) is 5.43. The van der Waals surface area contributed by atoms with Crippen LogP contribution in [0.1, 0.15) is 46.0 Å². The highest BCUT2D eigenvalue weighted by Crippen LogP contribution is 2.29. The van der Waals surface area contributed by atoms with Gasteiger partial charge in [0.2, 0.25) is 5.95 Å². The van der Waals surface area contributed by atoms with Gasteiger partial charge in [-0.05, 0) is 43.9 Å². The number of aliphatic hydroxyl groups excluding tert-OH is 1. The molecule has 2 aliphatic heterocycles. The standard InChI is InChI=1S/C18H31N5O/c1-13(2)11-15(24)14-5-9-23(10-6-14)17-12-16(20-18(19)21-17)22-7-3-4-8-22/h12-15,24H,3-11H2,1-2H3,(H2,19,20,21). The number of aliphatic hydroxyl groups is 1. The second-order valence-electron chi connectivity index (χ2n) is 7.66. The van der Waals surface area contributed by atoms with Gasteiger partial charge in [-0.1, -0.05) is 13.8 Å². The van der Waals surface area contributed by atoms with Gasteiger partial charge >= 0.3 is 0 Å². The summed E-state index contributed by atoms with van der Waals surface area (Å²) in [5.74, 6) is 3.19. The van der Waals surface area contributed by atoms with E-state index in [1.54, 1.807) is 0 Å². The molecule has 6 heteroatoms.